The zero-order valence-electron chi connectivity index (χ0n) is 10.8. The summed E-state index contributed by atoms with van der Waals surface area (Å²) in [5, 5.41) is 5.56. The van der Waals surface area contributed by atoms with Crippen LogP contribution in [0.1, 0.15) is 0 Å². The second-order valence-electron chi connectivity index (χ2n) is 4.30. The van der Waals surface area contributed by atoms with E-state index < -0.39 is 0 Å². The lowest BCUT2D eigenvalue weighted by Crippen LogP contribution is -2.15. The van der Waals surface area contributed by atoms with E-state index in [1.807, 2.05) is 36.2 Å². The van der Waals surface area contributed by atoms with E-state index in [4.69, 9.17) is 9.47 Å². The third-order valence-electron chi connectivity index (χ3n) is 3.03. The molecule has 0 radical (unpaired) electrons. The van der Waals surface area contributed by atoms with Crippen LogP contribution in [0.4, 0.5) is 5.82 Å². The molecule has 0 saturated carbocycles. The quantitative estimate of drug-likeness (QED) is 0.870. The number of anilines is 1. The zero-order valence-corrected chi connectivity index (χ0v) is 11.6. The summed E-state index contributed by atoms with van der Waals surface area (Å²) in [7, 11) is 0. The van der Waals surface area contributed by atoms with E-state index in [-0.39, 0.29) is 0 Å². The van der Waals surface area contributed by atoms with Crippen molar-refractivity contribution in [3.05, 3.63) is 24.4 Å². The number of ether oxygens (including phenoxy) is 2. The Morgan fingerprint density at radius 1 is 1.26 bits per heavy atom. The fourth-order valence-electron chi connectivity index (χ4n) is 2.12. The number of nitrogens with zero attached hydrogens (tertiary/aromatic N) is 1. The van der Waals surface area contributed by atoms with Gasteiger partial charge in [-0.3, -0.25) is 0 Å². The van der Waals surface area contributed by atoms with Crippen LogP contribution in [0.3, 0.4) is 0 Å². The summed E-state index contributed by atoms with van der Waals surface area (Å²) in [5.41, 5.74) is 0. The first kappa shape index (κ1) is 12.4. The summed E-state index contributed by atoms with van der Waals surface area (Å²) < 4.78 is 11.2. The summed E-state index contributed by atoms with van der Waals surface area (Å²) in [4.78, 5) is 4.41. The first-order chi connectivity index (χ1) is 9.38. The number of thioether (sulfide) groups is 1. The number of nitrogens with one attached hydrogen (secondary N) is 1. The number of fused-ring (bicyclic) bond motifs is 2. The average molecular weight is 276 g/mol. The van der Waals surface area contributed by atoms with Gasteiger partial charge in [0.1, 0.15) is 19.0 Å². The van der Waals surface area contributed by atoms with Crippen molar-refractivity contribution in [3.63, 3.8) is 0 Å². The van der Waals surface area contributed by atoms with Gasteiger partial charge in [0.05, 0.1) is 0 Å². The third kappa shape index (κ3) is 2.56. The van der Waals surface area contributed by atoms with Gasteiger partial charge in [-0.15, -0.1) is 0 Å². The lowest BCUT2D eigenvalue weighted by molar-refractivity contribution is 0.172. The Morgan fingerprint density at radius 2 is 2.05 bits per heavy atom. The van der Waals surface area contributed by atoms with Crippen LogP contribution in [0.25, 0.3) is 10.8 Å². The fraction of sp³-hybridized carbons (Fsp3) is 0.357. The van der Waals surface area contributed by atoms with Gasteiger partial charge >= 0.3 is 0 Å². The largest absolute Gasteiger partial charge is 0.486 e. The Hall–Kier alpha value is -1.62. The van der Waals surface area contributed by atoms with Crippen molar-refractivity contribution in [2.24, 2.45) is 0 Å². The van der Waals surface area contributed by atoms with E-state index in [0.29, 0.717) is 13.2 Å². The minimum atomic E-state index is 0.605. The van der Waals surface area contributed by atoms with Crippen molar-refractivity contribution < 1.29 is 9.47 Å². The van der Waals surface area contributed by atoms with Crippen LogP contribution < -0.4 is 14.8 Å². The van der Waals surface area contributed by atoms with Crippen molar-refractivity contribution in [1.29, 1.82) is 0 Å². The highest BCUT2D eigenvalue weighted by molar-refractivity contribution is 7.98. The van der Waals surface area contributed by atoms with E-state index in [1.54, 1.807) is 0 Å². The van der Waals surface area contributed by atoms with Gasteiger partial charge in [0.25, 0.3) is 0 Å². The molecular weight excluding hydrogens is 260 g/mol. The molecule has 0 unspecified atom stereocenters. The van der Waals surface area contributed by atoms with Crippen LogP contribution in [0.15, 0.2) is 24.4 Å². The van der Waals surface area contributed by atoms with Crippen molar-refractivity contribution in [2.45, 2.75) is 0 Å². The van der Waals surface area contributed by atoms with Crippen molar-refractivity contribution in [2.75, 3.05) is 37.1 Å². The molecule has 0 amide bonds. The average Bonchev–Trinajstić information content (AvgIpc) is 2.46. The molecule has 4 nitrogen and oxygen atoms in total. The Balaban J connectivity index is 1.98. The highest BCUT2D eigenvalue weighted by atomic mass is 32.2. The molecule has 1 N–H and O–H groups in total. The maximum atomic E-state index is 5.63. The first-order valence-corrected chi connectivity index (χ1v) is 7.69. The van der Waals surface area contributed by atoms with Gasteiger partial charge in [0, 0.05) is 23.9 Å². The van der Waals surface area contributed by atoms with Gasteiger partial charge in [0.2, 0.25) is 0 Å². The first-order valence-electron chi connectivity index (χ1n) is 6.29. The lowest BCUT2D eigenvalue weighted by Gasteiger charge is -2.19. The van der Waals surface area contributed by atoms with E-state index >= 15 is 0 Å². The summed E-state index contributed by atoms with van der Waals surface area (Å²) in [5.74, 6) is 3.59. The number of aromatic nitrogens is 1. The predicted octanol–water partition coefficient (Wildman–Crippen LogP) is 2.78. The fourth-order valence-corrected chi connectivity index (χ4v) is 2.43. The van der Waals surface area contributed by atoms with Gasteiger partial charge in [0.15, 0.2) is 11.5 Å². The topological polar surface area (TPSA) is 43.4 Å². The molecule has 1 aromatic heterocycles. The summed E-state index contributed by atoms with van der Waals surface area (Å²) >= 11 is 1.81. The molecule has 0 aliphatic carbocycles. The van der Waals surface area contributed by atoms with Crippen LogP contribution in [-0.2, 0) is 0 Å². The maximum absolute atomic E-state index is 5.63. The standard InChI is InChI=1S/C14H16N2O2S/c1-19-7-4-16-14-11-9-13-12(17-5-6-18-13)8-10(11)2-3-15-14/h2-3,8-9H,4-7H2,1H3,(H,15,16). The Labute approximate surface area is 116 Å². The molecule has 1 aromatic carbocycles. The molecule has 3 rings (SSSR count). The molecule has 0 bridgehead atoms. The smallest absolute Gasteiger partial charge is 0.162 e. The van der Waals surface area contributed by atoms with Gasteiger partial charge in [-0.25, -0.2) is 4.98 Å². The van der Waals surface area contributed by atoms with Crippen LogP contribution in [0.5, 0.6) is 11.5 Å². The molecule has 2 heterocycles. The molecule has 0 saturated heterocycles. The second kappa shape index (κ2) is 5.57. The number of hydrogen-bond donors (Lipinski definition) is 1. The van der Waals surface area contributed by atoms with Gasteiger partial charge in [-0.1, -0.05) is 0 Å². The SMILES string of the molecule is CSCCNc1nccc2cc3c(cc12)OCCO3. The summed E-state index contributed by atoms with van der Waals surface area (Å²) in [6.45, 7) is 2.12. The van der Waals surface area contributed by atoms with Crippen LogP contribution in [0, 0.1) is 0 Å². The lowest BCUT2D eigenvalue weighted by atomic mass is 10.1. The Kier molecular flexibility index (Phi) is 3.64. The summed E-state index contributed by atoms with van der Waals surface area (Å²) in [6, 6.07) is 6.02. The van der Waals surface area contributed by atoms with Gasteiger partial charge in [-0.05, 0) is 29.8 Å². The van der Waals surface area contributed by atoms with E-state index in [9.17, 15) is 0 Å². The molecule has 2 aromatic rings. The van der Waals surface area contributed by atoms with E-state index in [2.05, 4.69) is 16.6 Å². The monoisotopic (exact) mass is 276 g/mol. The van der Waals surface area contributed by atoms with Crippen molar-refractivity contribution in [1.82, 2.24) is 4.98 Å². The molecular formula is C14H16N2O2S. The molecule has 1 aliphatic rings. The maximum Gasteiger partial charge on any atom is 0.162 e. The number of hydrogen-bond acceptors (Lipinski definition) is 5. The number of benzene rings is 1. The third-order valence-corrected chi connectivity index (χ3v) is 3.64. The zero-order chi connectivity index (χ0) is 13.1. The van der Waals surface area contributed by atoms with Crippen LogP contribution in [0.2, 0.25) is 0 Å². The van der Waals surface area contributed by atoms with Crippen molar-refractivity contribution >= 4 is 28.4 Å². The number of pyridine rings is 1. The van der Waals surface area contributed by atoms with Gasteiger partial charge < -0.3 is 14.8 Å². The highest BCUT2D eigenvalue weighted by Crippen LogP contribution is 2.36. The van der Waals surface area contributed by atoms with E-state index in [0.717, 1.165) is 40.4 Å². The minimum Gasteiger partial charge on any atom is -0.486 e. The van der Waals surface area contributed by atoms with Crippen molar-refractivity contribution in [3.8, 4) is 11.5 Å². The Bertz CT molecular complexity index is 589. The molecule has 0 spiro atoms. The van der Waals surface area contributed by atoms with E-state index in [1.165, 1.54) is 0 Å². The molecule has 19 heavy (non-hydrogen) atoms. The summed E-state index contributed by atoms with van der Waals surface area (Å²) in [6.07, 6.45) is 3.92. The molecule has 1 aliphatic heterocycles. The van der Waals surface area contributed by atoms with Crippen LogP contribution in [-0.4, -0.2) is 36.8 Å². The molecule has 0 fully saturated rings. The molecule has 5 heteroatoms. The minimum absolute atomic E-state index is 0.605. The normalized spacial score (nSPS) is 13.5. The highest BCUT2D eigenvalue weighted by Gasteiger charge is 2.14. The number of rotatable bonds is 4. The molecule has 100 valence electrons. The molecule has 0 atom stereocenters. The predicted molar refractivity (Wildman–Crippen MR) is 79.6 cm³/mol. The Morgan fingerprint density at radius 3 is 2.84 bits per heavy atom. The van der Waals surface area contributed by atoms with Crippen LogP contribution >= 0.6 is 11.8 Å². The van der Waals surface area contributed by atoms with Gasteiger partial charge in [-0.2, -0.15) is 11.8 Å². The second-order valence-corrected chi connectivity index (χ2v) is 5.28.